The minimum absolute atomic E-state index is 0.128. The number of aromatic amines is 1. The maximum Gasteiger partial charge on any atom is 0.257 e. The van der Waals surface area contributed by atoms with Crippen LogP contribution in [0.1, 0.15) is 35.3 Å². The number of H-pyrrole nitrogens is 1. The van der Waals surface area contributed by atoms with Gasteiger partial charge in [-0.2, -0.15) is 5.10 Å². The van der Waals surface area contributed by atoms with E-state index in [2.05, 4.69) is 27.1 Å². The molecule has 2 amide bonds. The Balaban J connectivity index is 1.51. The maximum atomic E-state index is 12.7. The molecule has 0 radical (unpaired) electrons. The Kier molecular flexibility index (Phi) is 6.10. The Morgan fingerprint density at radius 2 is 2.13 bits per heavy atom. The smallest absolute Gasteiger partial charge is 0.257 e. The second kappa shape index (κ2) is 8.94. The third-order valence-corrected chi connectivity index (χ3v) is 6.44. The number of nitrogens with zero attached hydrogens (tertiary/aromatic N) is 4. The van der Waals surface area contributed by atoms with E-state index in [9.17, 15) is 9.59 Å². The molecule has 10 heteroatoms. The molecular formula is C21H22N6O2S2. The molecule has 1 aromatic carbocycles. The minimum Gasteiger partial charge on any atom is -0.312 e. The van der Waals surface area contributed by atoms with Gasteiger partial charge in [0.2, 0.25) is 5.91 Å². The largest absolute Gasteiger partial charge is 0.312 e. The van der Waals surface area contributed by atoms with Crippen LogP contribution >= 0.6 is 23.6 Å². The highest BCUT2D eigenvalue weighted by atomic mass is 32.1. The van der Waals surface area contributed by atoms with Crippen molar-refractivity contribution in [3.63, 3.8) is 0 Å². The summed E-state index contributed by atoms with van der Waals surface area (Å²) in [4.78, 5) is 31.9. The van der Waals surface area contributed by atoms with Crippen LogP contribution in [0.25, 0.3) is 10.7 Å². The van der Waals surface area contributed by atoms with Crippen LogP contribution in [-0.2, 0) is 11.3 Å². The number of hydrogen-bond donors (Lipinski definition) is 2. The highest BCUT2D eigenvalue weighted by molar-refractivity contribution is 7.71. The van der Waals surface area contributed by atoms with Crippen LogP contribution in [0.15, 0.2) is 36.9 Å². The summed E-state index contributed by atoms with van der Waals surface area (Å²) in [7, 11) is 0. The molecule has 2 N–H and O–H groups in total. The Hall–Kier alpha value is -3.11. The first-order chi connectivity index (χ1) is 15.0. The lowest BCUT2D eigenvalue weighted by atomic mass is 10.1. The van der Waals surface area contributed by atoms with Crippen molar-refractivity contribution in [3.8, 4) is 10.7 Å². The molecule has 0 spiro atoms. The number of piperidine rings is 1. The van der Waals surface area contributed by atoms with Crippen LogP contribution in [0, 0.1) is 11.7 Å². The zero-order chi connectivity index (χ0) is 22.0. The second-order valence-electron chi connectivity index (χ2n) is 7.19. The van der Waals surface area contributed by atoms with Crippen molar-refractivity contribution in [2.45, 2.75) is 32.7 Å². The summed E-state index contributed by atoms with van der Waals surface area (Å²) in [5.41, 5.74) is 2.06. The predicted molar refractivity (Wildman–Crippen MR) is 124 cm³/mol. The normalized spacial score (nSPS) is 14.0. The van der Waals surface area contributed by atoms with Crippen molar-refractivity contribution in [3.05, 3.63) is 52.9 Å². The first kappa shape index (κ1) is 21.1. The lowest BCUT2D eigenvalue weighted by Crippen LogP contribution is -2.35. The van der Waals surface area contributed by atoms with Crippen molar-refractivity contribution < 1.29 is 9.59 Å². The van der Waals surface area contributed by atoms with Gasteiger partial charge in [-0.05, 0) is 56.2 Å². The number of nitrogens with one attached hydrogen (secondary N) is 2. The van der Waals surface area contributed by atoms with Gasteiger partial charge in [0.1, 0.15) is 0 Å². The molecule has 1 aliphatic heterocycles. The van der Waals surface area contributed by atoms with Gasteiger partial charge in [0.05, 0.1) is 10.6 Å². The standard InChI is InChI=1S/C21H22N6O2S2/c1-3-11-27-18(24-25-21(27)30)17-13(2)22-20(31-17)23-19(29)14-7-9-15(10-8-14)26-12-5-4-6-16(26)28/h3,7-10H,1,4-6,11-12H2,2H3,(H,25,30)(H,22,23,29). The molecule has 3 aromatic rings. The molecule has 0 saturated carbocycles. The van der Waals surface area contributed by atoms with Crippen molar-refractivity contribution in [2.75, 3.05) is 16.8 Å². The van der Waals surface area contributed by atoms with Crippen molar-refractivity contribution >= 4 is 46.2 Å². The zero-order valence-electron chi connectivity index (χ0n) is 17.1. The zero-order valence-corrected chi connectivity index (χ0v) is 18.7. The van der Waals surface area contributed by atoms with E-state index >= 15 is 0 Å². The Bertz CT molecular complexity index is 1190. The topological polar surface area (TPSA) is 95.9 Å². The lowest BCUT2D eigenvalue weighted by Gasteiger charge is -2.26. The summed E-state index contributed by atoms with van der Waals surface area (Å²) in [5, 5.41) is 10.4. The van der Waals surface area contributed by atoms with E-state index in [1.807, 2.05) is 23.6 Å². The van der Waals surface area contributed by atoms with Crippen molar-refractivity contribution in [2.24, 2.45) is 0 Å². The number of rotatable bonds is 6. The van der Waals surface area contributed by atoms with Gasteiger partial charge in [-0.1, -0.05) is 17.4 Å². The summed E-state index contributed by atoms with van der Waals surface area (Å²) in [6.45, 7) is 6.86. The first-order valence-corrected chi connectivity index (χ1v) is 11.2. The molecule has 4 rings (SSSR count). The fourth-order valence-electron chi connectivity index (χ4n) is 3.49. The summed E-state index contributed by atoms with van der Waals surface area (Å²) in [6, 6.07) is 7.07. The number of carbonyl (C=O) groups excluding carboxylic acids is 2. The third kappa shape index (κ3) is 4.35. The van der Waals surface area contributed by atoms with Crippen LogP contribution < -0.4 is 10.2 Å². The van der Waals surface area contributed by atoms with E-state index in [-0.39, 0.29) is 11.8 Å². The molecule has 160 valence electrons. The van der Waals surface area contributed by atoms with Gasteiger partial charge < -0.3 is 4.90 Å². The van der Waals surface area contributed by atoms with Crippen molar-refractivity contribution in [1.82, 2.24) is 19.7 Å². The van der Waals surface area contributed by atoms with Gasteiger partial charge in [0.15, 0.2) is 15.7 Å². The number of amides is 2. The summed E-state index contributed by atoms with van der Waals surface area (Å²) in [5.74, 6) is 0.529. The van der Waals surface area contributed by atoms with Gasteiger partial charge in [-0.15, -0.1) is 6.58 Å². The summed E-state index contributed by atoms with van der Waals surface area (Å²) >= 11 is 6.61. The summed E-state index contributed by atoms with van der Waals surface area (Å²) in [6.07, 6.45) is 4.25. The van der Waals surface area contributed by atoms with Crippen LogP contribution in [0.3, 0.4) is 0 Å². The van der Waals surface area contributed by atoms with E-state index in [4.69, 9.17) is 12.2 Å². The third-order valence-electron chi connectivity index (χ3n) is 5.05. The number of aryl methyl sites for hydroxylation is 1. The lowest BCUT2D eigenvalue weighted by molar-refractivity contribution is -0.119. The molecule has 31 heavy (non-hydrogen) atoms. The molecule has 0 aliphatic carbocycles. The molecule has 0 bridgehead atoms. The molecule has 8 nitrogen and oxygen atoms in total. The van der Waals surface area contributed by atoms with Gasteiger partial charge in [0, 0.05) is 30.8 Å². The highest BCUT2D eigenvalue weighted by Gasteiger charge is 2.20. The van der Waals surface area contributed by atoms with E-state index in [1.165, 1.54) is 11.3 Å². The van der Waals surface area contributed by atoms with Crippen LogP contribution in [0.5, 0.6) is 0 Å². The Morgan fingerprint density at radius 1 is 1.35 bits per heavy atom. The monoisotopic (exact) mass is 454 g/mol. The number of aromatic nitrogens is 4. The molecular weight excluding hydrogens is 432 g/mol. The molecule has 0 atom stereocenters. The van der Waals surface area contributed by atoms with Crippen LogP contribution in [-0.4, -0.2) is 38.1 Å². The van der Waals surface area contributed by atoms with Gasteiger partial charge >= 0.3 is 0 Å². The van der Waals surface area contributed by atoms with E-state index in [1.54, 1.807) is 23.1 Å². The number of benzene rings is 1. The average molecular weight is 455 g/mol. The van der Waals surface area contributed by atoms with Gasteiger partial charge in [0.25, 0.3) is 5.91 Å². The highest BCUT2D eigenvalue weighted by Crippen LogP contribution is 2.32. The van der Waals surface area contributed by atoms with E-state index in [0.717, 1.165) is 35.6 Å². The molecule has 3 heterocycles. The number of anilines is 2. The molecule has 0 unspecified atom stereocenters. The molecule has 1 fully saturated rings. The number of thiazole rings is 1. The average Bonchev–Trinajstić information content (AvgIpc) is 3.30. The quantitative estimate of drug-likeness (QED) is 0.427. The van der Waals surface area contributed by atoms with Crippen LogP contribution in [0.4, 0.5) is 10.8 Å². The van der Waals surface area contributed by atoms with Gasteiger partial charge in [-0.3, -0.25) is 24.6 Å². The summed E-state index contributed by atoms with van der Waals surface area (Å²) < 4.78 is 2.33. The molecule has 2 aromatic heterocycles. The number of hydrogen-bond acceptors (Lipinski definition) is 6. The Morgan fingerprint density at radius 3 is 2.84 bits per heavy atom. The maximum absolute atomic E-state index is 12.7. The molecule has 1 saturated heterocycles. The van der Waals surface area contributed by atoms with Crippen LogP contribution in [0.2, 0.25) is 0 Å². The van der Waals surface area contributed by atoms with Crippen molar-refractivity contribution in [1.29, 1.82) is 0 Å². The fourth-order valence-corrected chi connectivity index (χ4v) is 4.65. The number of allylic oxidation sites excluding steroid dienone is 1. The molecule has 1 aliphatic rings. The minimum atomic E-state index is -0.262. The fraction of sp³-hybridized carbons (Fsp3) is 0.286. The van der Waals surface area contributed by atoms with E-state index < -0.39 is 0 Å². The second-order valence-corrected chi connectivity index (χ2v) is 8.57. The first-order valence-electron chi connectivity index (χ1n) is 9.93. The predicted octanol–water partition coefficient (Wildman–Crippen LogP) is 4.33. The van der Waals surface area contributed by atoms with Gasteiger partial charge in [-0.25, -0.2) is 4.98 Å². The Labute approximate surface area is 188 Å². The van der Waals surface area contributed by atoms with E-state index in [0.29, 0.717) is 34.3 Å². The SMILES string of the molecule is C=CCn1c(-c2sc(NC(=O)c3ccc(N4CCCCC4=O)cc3)nc2C)n[nH]c1=S. The number of carbonyl (C=O) groups is 2.